The fraction of sp³-hybridized carbons (Fsp3) is 0.167. The molecule has 0 saturated carbocycles. The van der Waals surface area contributed by atoms with Gasteiger partial charge >= 0.3 is 0 Å². The fourth-order valence-electron chi connectivity index (χ4n) is 3.49. The van der Waals surface area contributed by atoms with E-state index in [1.807, 2.05) is 36.4 Å². The van der Waals surface area contributed by atoms with Crippen LogP contribution in [0.4, 0.5) is 0 Å². The Labute approximate surface area is 163 Å². The lowest BCUT2D eigenvalue weighted by atomic mass is 9.96. The van der Waals surface area contributed by atoms with Crippen LogP contribution in [0.5, 0.6) is 0 Å². The van der Waals surface area contributed by atoms with Crippen molar-refractivity contribution in [2.45, 2.75) is 25.2 Å². The topological polar surface area (TPSA) is 52.1 Å². The van der Waals surface area contributed by atoms with Crippen molar-refractivity contribution in [2.75, 3.05) is 0 Å². The van der Waals surface area contributed by atoms with E-state index >= 15 is 0 Å². The van der Waals surface area contributed by atoms with Crippen LogP contribution in [0.15, 0.2) is 88.0 Å². The van der Waals surface area contributed by atoms with Gasteiger partial charge < -0.3 is 8.83 Å². The van der Waals surface area contributed by atoms with E-state index in [0.717, 1.165) is 53.4 Å². The van der Waals surface area contributed by atoms with E-state index < -0.39 is 0 Å². The Kier molecular flexibility index (Phi) is 4.37. The minimum absolute atomic E-state index is 0.125. The monoisotopic (exact) mass is 368 g/mol. The molecule has 1 unspecified atom stereocenters. The lowest BCUT2D eigenvalue weighted by Gasteiger charge is -2.11. The largest absolute Gasteiger partial charge is 0.440 e. The average molecular weight is 368 g/mol. The normalized spacial score (nSPS) is 18.8. The molecule has 1 atom stereocenters. The zero-order chi connectivity index (χ0) is 18.8. The lowest BCUT2D eigenvalue weighted by Crippen LogP contribution is -1.98. The maximum atomic E-state index is 5.99. The Morgan fingerprint density at radius 1 is 0.821 bits per heavy atom. The van der Waals surface area contributed by atoms with Crippen molar-refractivity contribution in [2.24, 2.45) is 0 Å². The van der Waals surface area contributed by atoms with Crippen molar-refractivity contribution < 1.29 is 8.83 Å². The molecule has 5 rings (SSSR count). The van der Waals surface area contributed by atoms with Gasteiger partial charge in [0.25, 0.3) is 0 Å². The van der Waals surface area contributed by atoms with Gasteiger partial charge in [-0.1, -0.05) is 66.8 Å². The summed E-state index contributed by atoms with van der Waals surface area (Å²) < 4.78 is 12.0. The summed E-state index contributed by atoms with van der Waals surface area (Å²) in [5.74, 6) is 3.13. The van der Waals surface area contributed by atoms with E-state index in [9.17, 15) is 0 Å². The molecule has 28 heavy (non-hydrogen) atoms. The van der Waals surface area contributed by atoms with Gasteiger partial charge in [-0.2, -0.15) is 0 Å². The maximum Gasteiger partial charge on any atom is 0.226 e. The first-order valence-electron chi connectivity index (χ1n) is 9.59. The van der Waals surface area contributed by atoms with Crippen LogP contribution in [-0.4, -0.2) is 9.97 Å². The molecule has 0 N–H and O–H groups in total. The summed E-state index contributed by atoms with van der Waals surface area (Å²) in [6.07, 6.45) is 19.3. The molecule has 2 aromatic heterocycles. The molecule has 3 aromatic rings. The van der Waals surface area contributed by atoms with Crippen LogP contribution in [0.1, 0.15) is 42.7 Å². The van der Waals surface area contributed by atoms with Crippen molar-refractivity contribution in [3.05, 3.63) is 96.7 Å². The molecule has 0 fully saturated rings. The lowest BCUT2D eigenvalue weighted by molar-refractivity contribution is 0.484. The number of benzene rings is 1. The van der Waals surface area contributed by atoms with Crippen molar-refractivity contribution in [1.82, 2.24) is 9.97 Å². The first-order chi connectivity index (χ1) is 13.9. The number of rotatable bonds is 4. The Bertz CT molecular complexity index is 1100. The molecule has 0 amide bonds. The quantitative estimate of drug-likeness (QED) is 0.551. The minimum atomic E-state index is 0.125. The SMILES string of the molecule is C1=CC(c2cnc(C3=CCC(c4ncc(-c5ccccc5)o4)C=C3)o2)=CCC1. The summed E-state index contributed by atoms with van der Waals surface area (Å²) in [6, 6.07) is 10.0. The van der Waals surface area contributed by atoms with Crippen LogP contribution in [0.2, 0.25) is 0 Å². The number of allylic oxidation sites excluding steroid dienone is 8. The smallest absolute Gasteiger partial charge is 0.226 e. The Balaban J connectivity index is 1.30. The van der Waals surface area contributed by atoms with Gasteiger partial charge in [-0.15, -0.1) is 0 Å². The number of oxazole rings is 2. The van der Waals surface area contributed by atoms with Gasteiger partial charge in [0.05, 0.1) is 18.3 Å². The van der Waals surface area contributed by atoms with Crippen molar-refractivity contribution in [3.8, 4) is 11.3 Å². The van der Waals surface area contributed by atoms with Crippen LogP contribution in [-0.2, 0) is 0 Å². The van der Waals surface area contributed by atoms with Gasteiger partial charge in [0.1, 0.15) is 0 Å². The number of nitrogens with zero attached hydrogens (tertiary/aromatic N) is 2. The molecule has 0 radical (unpaired) electrons. The van der Waals surface area contributed by atoms with Crippen LogP contribution in [0.25, 0.3) is 22.5 Å². The molecule has 0 saturated heterocycles. The molecule has 4 heteroatoms. The Morgan fingerprint density at radius 3 is 2.50 bits per heavy atom. The average Bonchev–Trinajstić information content (AvgIpc) is 3.46. The third kappa shape index (κ3) is 3.29. The van der Waals surface area contributed by atoms with E-state index in [2.05, 4.69) is 40.3 Å². The predicted molar refractivity (Wildman–Crippen MR) is 109 cm³/mol. The predicted octanol–water partition coefficient (Wildman–Crippen LogP) is 6.19. The molecule has 4 nitrogen and oxygen atoms in total. The van der Waals surface area contributed by atoms with Crippen LogP contribution in [0.3, 0.4) is 0 Å². The van der Waals surface area contributed by atoms with Gasteiger partial charge in [0.2, 0.25) is 11.8 Å². The van der Waals surface area contributed by atoms with Crippen molar-refractivity contribution >= 4 is 11.1 Å². The molecular weight excluding hydrogens is 348 g/mol. The molecule has 0 spiro atoms. The Hall–Kier alpha value is -3.40. The van der Waals surface area contributed by atoms with E-state index in [-0.39, 0.29) is 5.92 Å². The molecule has 0 aliphatic heterocycles. The zero-order valence-corrected chi connectivity index (χ0v) is 15.4. The number of hydrogen-bond acceptors (Lipinski definition) is 4. The summed E-state index contributed by atoms with van der Waals surface area (Å²) in [6.45, 7) is 0. The Morgan fingerprint density at radius 2 is 1.71 bits per heavy atom. The third-order valence-corrected chi connectivity index (χ3v) is 5.03. The second-order valence-electron chi connectivity index (χ2n) is 6.96. The molecule has 1 aromatic carbocycles. The molecule has 2 aliphatic carbocycles. The fourth-order valence-corrected chi connectivity index (χ4v) is 3.49. The molecule has 0 bridgehead atoms. The standard InChI is InChI=1S/C24H20N2O2/c1-3-7-17(8-4-1)21-15-25-23(27-21)19-11-13-20(14-12-19)24-26-16-22(28-24)18-9-5-2-6-10-18/h1,3-5,7-11,13-16,19H,2,6,12H2. The van der Waals surface area contributed by atoms with Gasteiger partial charge in [0.15, 0.2) is 11.5 Å². The zero-order valence-electron chi connectivity index (χ0n) is 15.4. The van der Waals surface area contributed by atoms with Gasteiger partial charge in [-0.3, -0.25) is 0 Å². The van der Waals surface area contributed by atoms with Gasteiger partial charge in [0, 0.05) is 16.7 Å². The van der Waals surface area contributed by atoms with Gasteiger partial charge in [-0.05, 0) is 19.3 Å². The van der Waals surface area contributed by atoms with E-state index in [0.29, 0.717) is 5.89 Å². The third-order valence-electron chi connectivity index (χ3n) is 5.03. The first-order valence-corrected chi connectivity index (χ1v) is 9.59. The maximum absolute atomic E-state index is 5.99. The van der Waals surface area contributed by atoms with Crippen LogP contribution < -0.4 is 0 Å². The summed E-state index contributed by atoms with van der Waals surface area (Å²) >= 11 is 0. The molecule has 2 aliphatic rings. The van der Waals surface area contributed by atoms with E-state index in [4.69, 9.17) is 8.83 Å². The van der Waals surface area contributed by atoms with Crippen molar-refractivity contribution in [1.29, 1.82) is 0 Å². The minimum Gasteiger partial charge on any atom is -0.440 e. The number of hydrogen-bond donors (Lipinski definition) is 0. The second kappa shape index (κ2) is 7.31. The highest BCUT2D eigenvalue weighted by molar-refractivity contribution is 5.74. The highest BCUT2D eigenvalue weighted by Crippen LogP contribution is 2.33. The summed E-state index contributed by atoms with van der Waals surface area (Å²) in [4.78, 5) is 8.93. The highest BCUT2D eigenvalue weighted by Gasteiger charge is 2.19. The molecular formula is C24H20N2O2. The van der Waals surface area contributed by atoms with Crippen LogP contribution in [0, 0.1) is 0 Å². The van der Waals surface area contributed by atoms with E-state index in [1.165, 1.54) is 0 Å². The summed E-state index contributed by atoms with van der Waals surface area (Å²) in [5, 5.41) is 0. The summed E-state index contributed by atoms with van der Waals surface area (Å²) in [7, 11) is 0. The molecule has 2 heterocycles. The van der Waals surface area contributed by atoms with E-state index in [1.54, 1.807) is 12.4 Å². The number of aromatic nitrogens is 2. The summed E-state index contributed by atoms with van der Waals surface area (Å²) in [5.41, 5.74) is 3.14. The van der Waals surface area contributed by atoms with Crippen LogP contribution >= 0.6 is 0 Å². The van der Waals surface area contributed by atoms with Crippen molar-refractivity contribution in [3.63, 3.8) is 0 Å². The van der Waals surface area contributed by atoms with Gasteiger partial charge in [-0.25, -0.2) is 9.97 Å². The second-order valence-corrected chi connectivity index (χ2v) is 6.96. The first kappa shape index (κ1) is 16.8. The highest BCUT2D eigenvalue weighted by atomic mass is 16.4. The molecule has 138 valence electrons.